The van der Waals surface area contributed by atoms with Crippen molar-refractivity contribution in [3.8, 4) is 11.8 Å². The maximum atomic E-state index is 12.7. The predicted molar refractivity (Wildman–Crippen MR) is 114 cm³/mol. The molecule has 0 aliphatic rings. The summed E-state index contributed by atoms with van der Waals surface area (Å²) in [5.41, 5.74) is 3.97. The molecule has 3 aromatic carbocycles. The van der Waals surface area contributed by atoms with Crippen molar-refractivity contribution in [1.82, 2.24) is 5.32 Å². The first-order valence-corrected chi connectivity index (χ1v) is 9.43. The molecule has 0 spiro atoms. The highest BCUT2D eigenvalue weighted by molar-refractivity contribution is 5.99. The van der Waals surface area contributed by atoms with Crippen LogP contribution in [-0.4, -0.2) is 19.6 Å². The van der Waals surface area contributed by atoms with E-state index in [1.165, 1.54) is 0 Å². The maximum absolute atomic E-state index is 12.7. The first-order chi connectivity index (χ1) is 14.2. The van der Waals surface area contributed by atoms with Crippen molar-refractivity contribution in [2.45, 2.75) is 13.0 Å². The van der Waals surface area contributed by atoms with Gasteiger partial charge in [-0.05, 0) is 47.9 Å². The first kappa shape index (κ1) is 20.0. The van der Waals surface area contributed by atoms with Gasteiger partial charge in [-0.25, -0.2) is 0 Å². The molecule has 0 atom stereocenters. The molecule has 0 aliphatic carbocycles. The van der Waals surface area contributed by atoms with Gasteiger partial charge in [0.15, 0.2) is 0 Å². The fourth-order valence-electron chi connectivity index (χ4n) is 3.02. The lowest BCUT2D eigenvalue weighted by Gasteiger charge is -2.13. The van der Waals surface area contributed by atoms with Crippen LogP contribution >= 0.6 is 0 Å². The minimum Gasteiger partial charge on any atom is -0.497 e. The molecule has 0 heterocycles. The Morgan fingerprint density at radius 1 is 1.00 bits per heavy atom. The number of rotatable bonds is 8. The van der Waals surface area contributed by atoms with E-state index < -0.39 is 0 Å². The number of nitriles is 1. The van der Waals surface area contributed by atoms with Crippen LogP contribution in [0.4, 0.5) is 5.69 Å². The van der Waals surface area contributed by atoms with Crippen LogP contribution in [-0.2, 0) is 13.0 Å². The number of benzene rings is 3. The fourth-order valence-corrected chi connectivity index (χ4v) is 3.02. The summed E-state index contributed by atoms with van der Waals surface area (Å²) in [6, 6.07) is 24.8. The van der Waals surface area contributed by atoms with Crippen molar-refractivity contribution in [2.75, 3.05) is 19.0 Å². The van der Waals surface area contributed by atoms with Gasteiger partial charge in [-0.15, -0.1) is 0 Å². The quantitative estimate of drug-likeness (QED) is 0.611. The summed E-state index contributed by atoms with van der Waals surface area (Å²) in [5, 5.41) is 15.5. The average molecular weight is 385 g/mol. The molecular weight excluding hydrogens is 362 g/mol. The van der Waals surface area contributed by atoms with E-state index in [1.54, 1.807) is 19.2 Å². The molecule has 5 heteroatoms. The Hall–Kier alpha value is -3.78. The highest BCUT2D eigenvalue weighted by atomic mass is 16.5. The molecule has 0 radical (unpaired) electrons. The molecule has 0 fully saturated rings. The van der Waals surface area contributed by atoms with Crippen LogP contribution in [0.15, 0.2) is 72.8 Å². The lowest BCUT2D eigenvalue weighted by Crippen LogP contribution is -2.26. The zero-order valence-corrected chi connectivity index (χ0v) is 16.3. The lowest BCUT2D eigenvalue weighted by atomic mass is 10.1. The monoisotopic (exact) mass is 385 g/mol. The number of hydrogen-bond donors (Lipinski definition) is 2. The van der Waals surface area contributed by atoms with Crippen molar-refractivity contribution >= 4 is 11.6 Å². The standard InChI is InChI=1S/C24H23N3O2/c1-29-21-12-10-18(11-13-21)14-15-26-24(28)22-8-4-5-9-23(22)27-17-20-7-3-2-6-19(20)16-25/h2-13,27H,14-15,17H2,1H3,(H,26,28). The van der Waals surface area contributed by atoms with E-state index in [1.807, 2.05) is 60.7 Å². The molecule has 0 aliphatic heterocycles. The maximum Gasteiger partial charge on any atom is 0.253 e. The van der Waals surface area contributed by atoms with Crippen LogP contribution in [0.25, 0.3) is 0 Å². The Kier molecular flexibility index (Phi) is 6.85. The summed E-state index contributed by atoms with van der Waals surface area (Å²) in [7, 11) is 1.64. The molecule has 3 aromatic rings. The second-order valence-corrected chi connectivity index (χ2v) is 6.52. The van der Waals surface area contributed by atoms with Gasteiger partial charge in [0.2, 0.25) is 0 Å². The van der Waals surface area contributed by atoms with Gasteiger partial charge < -0.3 is 15.4 Å². The van der Waals surface area contributed by atoms with Crippen LogP contribution in [0, 0.1) is 11.3 Å². The first-order valence-electron chi connectivity index (χ1n) is 9.43. The number of hydrogen-bond acceptors (Lipinski definition) is 4. The highest BCUT2D eigenvalue weighted by Gasteiger charge is 2.11. The Morgan fingerprint density at radius 2 is 1.72 bits per heavy atom. The number of carbonyl (C=O) groups is 1. The minimum absolute atomic E-state index is 0.129. The number of amides is 1. The molecule has 0 saturated heterocycles. The molecular formula is C24H23N3O2. The third-order valence-corrected chi connectivity index (χ3v) is 4.64. The smallest absolute Gasteiger partial charge is 0.253 e. The Morgan fingerprint density at radius 3 is 2.48 bits per heavy atom. The molecule has 146 valence electrons. The van der Waals surface area contributed by atoms with Crippen molar-refractivity contribution in [3.05, 3.63) is 95.1 Å². The van der Waals surface area contributed by atoms with E-state index in [0.29, 0.717) is 24.2 Å². The molecule has 0 unspecified atom stereocenters. The molecule has 5 nitrogen and oxygen atoms in total. The van der Waals surface area contributed by atoms with Gasteiger partial charge in [-0.2, -0.15) is 5.26 Å². The van der Waals surface area contributed by atoms with Gasteiger partial charge in [0.05, 0.1) is 24.3 Å². The average Bonchev–Trinajstić information content (AvgIpc) is 2.78. The minimum atomic E-state index is -0.129. The van der Waals surface area contributed by atoms with E-state index in [4.69, 9.17) is 4.74 Å². The van der Waals surface area contributed by atoms with E-state index >= 15 is 0 Å². The SMILES string of the molecule is COc1ccc(CCNC(=O)c2ccccc2NCc2ccccc2C#N)cc1. The summed E-state index contributed by atoms with van der Waals surface area (Å²) in [5.74, 6) is 0.686. The highest BCUT2D eigenvalue weighted by Crippen LogP contribution is 2.17. The zero-order chi connectivity index (χ0) is 20.5. The summed E-state index contributed by atoms with van der Waals surface area (Å²) in [4.78, 5) is 12.7. The second-order valence-electron chi connectivity index (χ2n) is 6.52. The predicted octanol–water partition coefficient (Wildman–Crippen LogP) is 4.15. The molecule has 0 aromatic heterocycles. The van der Waals surface area contributed by atoms with Crippen LogP contribution in [0.3, 0.4) is 0 Å². The normalized spacial score (nSPS) is 10.1. The molecule has 3 rings (SSSR count). The number of methoxy groups -OCH3 is 1. The number of nitrogens with zero attached hydrogens (tertiary/aromatic N) is 1. The molecule has 0 saturated carbocycles. The van der Waals surface area contributed by atoms with E-state index in [0.717, 1.165) is 29.0 Å². The van der Waals surface area contributed by atoms with Gasteiger partial charge in [0, 0.05) is 18.8 Å². The molecule has 0 bridgehead atoms. The van der Waals surface area contributed by atoms with Gasteiger partial charge in [-0.1, -0.05) is 42.5 Å². The number of nitrogens with one attached hydrogen (secondary N) is 2. The van der Waals surface area contributed by atoms with E-state index in [9.17, 15) is 10.1 Å². The Balaban J connectivity index is 1.60. The number of carbonyl (C=O) groups excluding carboxylic acids is 1. The van der Waals surface area contributed by atoms with Gasteiger partial charge in [-0.3, -0.25) is 4.79 Å². The molecule has 2 N–H and O–H groups in total. The van der Waals surface area contributed by atoms with E-state index in [-0.39, 0.29) is 5.91 Å². The van der Waals surface area contributed by atoms with E-state index in [2.05, 4.69) is 16.7 Å². The second kappa shape index (κ2) is 9.95. The number of para-hydroxylation sites is 1. The lowest BCUT2D eigenvalue weighted by molar-refractivity contribution is 0.0955. The largest absolute Gasteiger partial charge is 0.497 e. The summed E-state index contributed by atoms with van der Waals surface area (Å²) in [6.45, 7) is 1.01. The van der Waals surface area contributed by atoms with Crippen molar-refractivity contribution in [2.24, 2.45) is 0 Å². The Labute approximate surface area is 171 Å². The third kappa shape index (κ3) is 5.36. The fraction of sp³-hybridized carbons (Fsp3) is 0.167. The third-order valence-electron chi connectivity index (χ3n) is 4.64. The summed E-state index contributed by atoms with van der Waals surface area (Å²) in [6.07, 6.45) is 0.737. The molecule has 29 heavy (non-hydrogen) atoms. The van der Waals surface area contributed by atoms with Gasteiger partial charge in [0.25, 0.3) is 5.91 Å². The summed E-state index contributed by atoms with van der Waals surface area (Å²) >= 11 is 0. The van der Waals surface area contributed by atoms with Gasteiger partial charge >= 0.3 is 0 Å². The van der Waals surface area contributed by atoms with Crippen molar-refractivity contribution in [1.29, 1.82) is 5.26 Å². The topological polar surface area (TPSA) is 74.2 Å². The van der Waals surface area contributed by atoms with Gasteiger partial charge in [0.1, 0.15) is 5.75 Å². The van der Waals surface area contributed by atoms with Crippen LogP contribution in [0.1, 0.15) is 27.0 Å². The Bertz CT molecular complexity index is 1010. The van der Waals surface area contributed by atoms with Crippen LogP contribution in [0.2, 0.25) is 0 Å². The number of ether oxygens (including phenoxy) is 1. The van der Waals surface area contributed by atoms with Crippen LogP contribution < -0.4 is 15.4 Å². The van der Waals surface area contributed by atoms with Crippen molar-refractivity contribution < 1.29 is 9.53 Å². The van der Waals surface area contributed by atoms with Crippen molar-refractivity contribution in [3.63, 3.8) is 0 Å². The zero-order valence-electron chi connectivity index (χ0n) is 16.3. The molecule has 1 amide bonds. The summed E-state index contributed by atoms with van der Waals surface area (Å²) < 4.78 is 5.16. The number of anilines is 1. The van der Waals surface area contributed by atoms with Crippen LogP contribution in [0.5, 0.6) is 5.75 Å².